The Kier molecular flexibility index (Phi) is 7.48. The van der Waals surface area contributed by atoms with E-state index in [1.54, 1.807) is 12.1 Å². The van der Waals surface area contributed by atoms with Crippen LogP contribution in [0.1, 0.15) is 35.4 Å². The van der Waals surface area contributed by atoms with Gasteiger partial charge in [0.15, 0.2) is 5.82 Å². The van der Waals surface area contributed by atoms with Gasteiger partial charge in [-0.15, -0.1) is 5.10 Å². The first-order valence-electron chi connectivity index (χ1n) is 11.3. The van der Waals surface area contributed by atoms with Crippen molar-refractivity contribution in [3.8, 4) is 17.2 Å². The van der Waals surface area contributed by atoms with Gasteiger partial charge in [0.1, 0.15) is 23.9 Å². The number of aromatic amines is 1. The lowest BCUT2D eigenvalue weighted by molar-refractivity contribution is 0.103. The van der Waals surface area contributed by atoms with E-state index in [2.05, 4.69) is 25.4 Å². The quantitative estimate of drug-likeness (QED) is 0.305. The zero-order chi connectivity index (χ0) is 23.9. The predicted octanol–water partition coefficient (Wildman–Crippen LogP) is 3.24. The molecule has 4 rings (SSSR count). The standard InChI is InChI=1S/C24H30N6O4/c1-32-18-14-19(21(25)20(15-18)33-2)22(31)23-27-24(29-28-23)26-16-6-8-17(9-7-16)34-13-12-30-10-4-3-5-11-30/h6-9,14-15H,3-5,10-13,25H2,1-2H3,(H2,26,27,28,29). The first kappa shape index (κ1) is 23.4. The second-order valence-corrected chi connectivity index (χ2v) is 8.03. The summed E-state index contributed by atoms with van der Waals surface area (Å²) in [7, 11) is 2.97. The van der Waals surface area contributed by atoms with Crippen molar-refractivity contribution in [1.29, 1.82) is 0 Å². The van der Waals surface area contributed by atoms with Gasteiger partial charge in [0.2, 0.25) is 11.7 Å². The van der Waals surface area contributed by atoms with Crippen molar-refractivity contribution in [1.82, 2.24) is 20.1 Å². The van der Waals surface area contributed by atoms with Crippen LogP contribution in [0.25, 0.3) is 0 Å². The minimum atomic E-state index is -0.423. The fourth-order valence-electron chi connectivity index (χ4n) is 3.86. The topological polar surface area (TPSA) is 128 Å². The molecule has 0 amide bonds. The van der Waals surface area contributed by atoms with E-state index in [9.17, 15) is 4.79 Å². The minimum Gasteiger partial charge on any atom is -0.497 e. The van der Waals surface area contributed by atoms with Crippen LogP contribution in [0.4, 0.5) is 17.3 Å². The predicted molar refractivity (Wildman–Crippen MR) is 129 cm³/mol. The highest BCUT2D eigenvalue weighted by Crippen LogP contribution is 2.32. The monoisotopic (exact) mass is 466 g/mol. The maximum absolute atomic E-state index is 13.0. The first-order valence-corrected chi connectivity index (χ1v) is 11.3. The molecule has 3 aromatic rings. The van der Waals surface area contributed by atoms with E-state index in [0.717, 1.165) is 31.1 Å². The number of nitrogens with one attached hydrogen (secondary N) is 2. The number of aromatic nitrogens is 3. The molecule has 0 atom stereocenters. The SMILES string of the molecule is COc1cc(OC)c(N)c(C(=O)c2nc(Nc3ccc(OCCN4CCCCC4)cc3)n[nH]2)c1. The summed E-state index contributed by atoms with van der Waals surface area (Å²) < 4.78 is 16.3. The Morgan fingerprint density at radius 1 is 1.09 bits per heavy atom. The Bertz CT molecular complexity index is 1110. The highest BCUT2D eigenvalue weighted by atomic mass is 16.5. The van der Waals surface area contributed by atoms with Crippen LogP contribution < -0.4 is 25.3 Å². The third-order valence-electron chi connectivity index (χ3n) is 5.75. The molecule has 4 N–H and O–H groups in total. The molecule has 0 bridgehead atoms. The summed E-state index contributed by atoms with van der Waals surface area (Å²) in [6.45, 7) is 3.92. The third-order valence-corrected chi connectivity index (χ3v) is 5.75. The van der Waals surface area contributed by atoms with Crippen molar-refractivity contribution in [2.45, 2.75) is 19.3 Å². The molecular weight excluding hydrogens is 436 g/mol. The van der Waals surface area contributed by atoms with E-state index < -0.39 is 5.78 Å². The normalized spacial score (nSPS) is 13.9. The molecule has 1 aliphatic rings. The van der Waals surface area contributed by atoms with Gasteiger partial charge in [-0.2, -0.15) is 4.98 Å². The molecule has 34 heavy (non-hydrogen) atoms. The number of anilines is 3. The molecular formula is C24H30N6O4. The number of carbonyl (C=O) groups excluding carboxylic acids is 1. The average molecular weight is 467 g/mol. The van der Waals surface area contributed by atoms with Gasteiger partial charge >= 0.3 is 0 Å². The van der Waals surface area contributed by atoms with Gasteiger partial charge in [-0.25, -0.2) is 0 Å². The lowest BCUT2D eigenvalue weighted by Crippen LogP contribution is -2.33. The molecule has 2 heterocycles. The summed E-state index contributed by atoms with van der Waals surface area (Å²) in [4.78, 5) is 19.7. The fourth-order valence-corrected chi connectivity index (χ4v) is 3.86. The number of nitrogen functional groups attached to an aromatic ring is 1. The van der Waals surface area contributed by atoms with Crippen LogP contribution in [0.3, 0.4) is 0 Å². The van der Waals surface area contributed by atoms with Gasteiger partial charge in [0.05, 0.1) is 25.5 Å². The number of ether oxygens (including phenoxy) is 3. The maximum Gasteiger partial charge on any atom is 0.246 e. The smallest absolute Gasteiger partial charge is 0.246 e. The number of likely N-dealkylation sites (tertiary alicyclic amines) is 1. The van der Waals surface area contributed by atoms with Crippen LogP contribution >= 0.6 is 0 Å². The zero-order valence-corrected chi connectivity index (χ0v) is 19.5. The Labute approximate surface area is 198 Å². The molecule has 0 aliphatic carbocycles. The second kappa shape index (κ2) is 10.9. The number of piperidine rings is 1. The van der Waals surface area contributed by atoms with E-state index in [0.29, 0.717) is 18.1 Å². The molecule has 1 fully saturated rings. The molecule has 0 saturated carbocycles. The van der Waals surface area contributed by atoms with E-state index in [1.165, 1.54) is 33.5 Å². The highest BCUT2D eigenvalue weighted by Gasteiger charge is 2.21. The molecule has 1 aliphatic heterocycles. The number of benzene rings is 2. The molecule has 180 valence electrons. The van der Waals surface area contributed by atoms with Crippen LogP contribution in [0, 0.1) is 0 Å². The van der Waals surface area contributed by atoms with Gasteiger partial charge in [-0.05, 0) is 56.3 Å². The van der Waals surface area contributed by atoms with Gasteiger partial charge in [-0.1, -0.05) is 6.42 Å². The average Bonchev–Trinajstić information content (AvgIpc) is 3.34. The summed E-state index contributed by atoms with van der Waals surface area (Å²) in [5.41, 5.74) is 7.27. The number of ketones is 1. The van der Waals surface area contributed by atoms with E-state index in [4.69, 9.17) is 19.9 Å². The largest absolute Gasteiger partial charge is 0.497 e. The molecule has 2 aromatic carbocycles. The fraction of sp³-hybridized carbons (Fsp3) is 0.375. The lowest BCUT2D eigenvalue weighted by Gasteiger charge is -2.26. The molecule has 0 radical (unpaired) electrons. The van der Waals surface area contributed by atoms with Crippen molar-refractivity contribution in [2.75, 3.05) is 51.5 Å². The Morgan fingerprint density at radius 3 is 2.56 bits per heavy atom. The molecule has 1 saturated heterocycles. The number of nitrogens with two attached hydrogens (primary N) is 1. The number of H-pyrrole nitrogens is 1. The minimum absolute atomic E-state index is 0.0437. The number of nitrogens with zero attached hydrogens (tertiary/aromatic N) is 3. The summed E-state index contributed by atoms with van der Waals surface area (Å²) in [5, 5.41) is 9.82. The van der Waals surface area contributed by atoms with Crippen LogP contribution in [-0.4, -0.2) is 66.3 Å². The molecule has 1 aromatic heterocycles. The first-order chi connectivity index (χ1) is 16.6. The van der Waals surface area contributed by atoms with Gasteiger partial charge < -0.3 is 25.3 Å². The van der Waals surface area contributed by atoms with Crippen molar-refractivity contribution in [2.24, 2.45) is 0 Å². The maximum atomic E-state index is 13.0. The van der Waals surface area contributed by atoms with Crippen LogP contribution in [0.2, 0.25) is 0 Å². The molecule has 0 unspecified atom stereocenters. The molecule has 10 heteroatoms. The van der Waals surface area contributed by atoms with Gasteiger partial charge in [0.25, 0.3) is 0 Å². The van der Waals surface area contributed by atoms with Crippen molar-refractivity contribution >= 4 is 23.1 Å². The van der Waals surface area contributed by atoms with E-state index in [1.807, 2.05) is 24.3 Å². The number of rotatable bonds is 10. The third kappa shape index (κ3) is 5.57. The summed E-state index contributed by atoms with van der Waals surface area (Å²) in [6.07, 6.45) is 3.88. The Morgan fingerprint density at radius 2 is 1.85 bits per heavy atom. The summed E-state index contributed by atoms with van der Waals surface area (Å²) >= 11 is 0. The second-order valence-electron chi connectivity index (χ2n) is 8.03. The van der Waals surface area contributed by atoms with E-state index >= 15 is 0 Å². The van der Waals surface area contributed by atoms with Crippen molar-refractivity contribution < 1.29 is 19.0 Å². The number of hydrogen-bond acceptors (Lipinski definition) is 9. The van der Waals surface area contributed by atoms with Gasteiger partial charge in [0, 0.05) is 18.3 Å². The van der Waals surface area contributed by atoms with Crippen LogP contribution in [-0.2, 0) is 0 Å². The number of methoxy groups -OCH3 is 2. The number of hydrogen-bond donors (Lipinski definition) is 3. The Hall–Kier alpha value is -3.79. The number of carbonyl (C=O) groups is 1. The highest BCUT2D eigenvalue weighted by molar-refractivity contribution is 6.11. The Balaban J connectivity index is 1.36. The lowest BCUT2D eigenvalue weighted by atomic mass is 10.1. The van der Waals surface area contributed by atoms with Crippen molar-refractivity contribution in [3.05, 3.63) is 47.8 Å². The van der Waals surface area contributed by atoms with Crippen LogP contribution in [0.15, 0.2) is 36.4 Å². The molecule has 0 spiro atoms. The van der Waals surface area contributed by atoms with E-state index in [-0.39, 0.29) is 23.0 Å². The van der Waals surface area contributed by atoms with Crippen molar-refractivity contribution in [3.63, 3.8) is 0 Å². The summed E-state index contributed by atoms with van der Waals surface area (Å²) in [5.74, 6) is 1.48. The molecule has 10 nitrogen and oxygen atoms in total. The van der Waals surface area contributed by atoms with Crippen LogP contribution in [0.5, 0.6) is 17.2 Å². The van der Waals surface area contributed by atoms with Gasteiger partial charge in [-0.3, -0.25) is 14.8 Å². The zero-order valence-electron chi connectivity index (χ0n) is 19.5. The summed E-state index contributed by atoms with van der Waals surface area (Å²) in [6, 6.07) is 10.7.